The number of guanidine groups is 1. The molecule has 1 aromatic carbocycles. The second-order valence-corrected chi connectivity index (χ2v) is 6.51. The lowest BCUT2D eigenvalue weighted by Crippen LogP contribution is -2.36. The SMILES string of the molecule is CCNC(=NCC(C1CC1)N(C)C)Nc1ccc(OCC)c(OC)c1.I. The fourth-order valence-corrected chi connectivity index (χ4v) is 2.86. The molecule has 1 atom stereocenters. The van der Waals surface area contributed by atoms with E-state index in [0.717, 1.165) is 36.4 Å². The van der Waals surface area contributed by atoms with Crippen molar-refractivity contribution in [1.29, 1.82) is 0 Å². The van der Waals surface area contributed by atoms with Crippen molar-refractivity contribution in [2.24, 2.45) is 10.9 Å². The molecular weight excluding hydrogens is 443 g/mol. The summed E-state index contributed by atoms with van der Waals surface area (Å²) in [5, 5.41) is 6.67. The summed E-state index contributed by atoms with van der Waals surface area (Å²) in [6.07, 6.45) is 2.64. The molecule has 2 N–H and O–H groups in total. The Labute approximate surface area is 174 Å². The van der Waals surface area contributed by atoms with E-state index in [1.165, 1.54) is 12.8 Å². The van der Waals surface area contributed by atoms with Crippen molar-refractivity contribution in [2.45, 2.75) is 32.7 Å². The molecule has 0 aliphatic heterocycles. The number of rotatable bonds is 9. The summed E-state index contributed by atoms with van der Waals surface area (Å²) in [5.74, 6) is 3.04. The molecule has 6 nitrogen and oxygen atoms in total. The first-order valence-electron chi connectivity index (χ1n) is 9.11. The highest BCUT2D eigenvalue weighted by Gasteiger charge is 2.32. The lowest BCUT2D eigenvalue weighted by molar-refractivity contribution is 0.271. The lowest BCUT2D eigenvalue weighted by Gasteiger charge is -2.23. The third kappa shape index (κ3) is 6.83. The molecular formula is C19H33IN4O2. The number of anilines is 1. The Bertz CT molecular complexity index is 575. The third-order valence-electron chi connectivity index (χ3n) is 4.34. The van der Waals surface area contributed by atoms with E-state index in [4.69, 9.17) is 14.5 Å². The first kappa shape index (κ1) is 22.8. The molecule has 1 aromatic rings. The predicted molar refractivity (Wildman–Crippen MR) is 119 cm³/mol. The van der Waals surface area contributed by atoms with Crippen LogP contribution in [0.3, 0.4) is 0 Å². The molecule has 0 bridgehead atoms. The van der Waals surface area contributed by atoms with Crippen LogP contribution in [0.4, 0.5) is 5.69 Å². The maximum atomic E-state index is 5.57. The quantitative estimate of drug-likeness (QED) is 0.325. The van der Waals surface area contributed by atoms with Gasteiger partial charge in [-0.25, -0.2) is 0 Å². The Hall–Kier alpha value is -1.22. The molecule has 1 saturated carbocycles. The maximum absolute atomic E-state index is 5.57. The minimum atomic E-state index is 0. The van der Waals surface area contributed by atoms with Crippen LogP contribution in [0.15, 0.2) is 23.2 Å². The summed E-state index contributed by atoms with van der Waals surface area (Å²) < 4.78 is 11.0. The summed E-state index contributed by atoms with van der Waals surface area (Å²) in [6, 6.07) is 6.33. The molecule has 0 amide bonds. The molecule has 0 aromatic heterocycles. The van der Waals surface area contributed by atoms with Gasteiger partial charge in [-0.1, -0.05) is 0 Å². The van der Waals surface area contributed by atoms with Gasteiger partial charge < -0.3 is 25.0 Å². The molecule has 0 spiro atoms. The van der Waals surface area contributed by atoms with Crippen LogP contribution in [0.25, 0.3) is 0 Å². The molecule has 148 valence electrons. The number of benzene rings is 1. The summed E-state index contributed by atoms with van der Waals surface area (Å²) in [4.78, 5) is 7.07. The number of methoxy groups -OCH3 is 1. The number of ether oxygens (including phenoxy) is 2. The average Bonchev–Trinajstić information content (AvgIpc) is 3.41. The van der Waals surface area contributed by atoms with Crippen molar-refractivity contribution in [3.8, 4) is 11.5 Å². The molecule has 0 saturated heterocycles. The smallest absolute Gasteiger partial charge is 0.195 e. The van der Waals surface area contributed by atoms with Crippen molar-refractivity contribution >= 4 is 35.6 Å². The van der Waals surface area contributed by atoms with Crippen LogP contribution >= 0.6 is 24.0 Å². The van der Waals surface area contributed by atoms with Crippen molar-refractivity contribution in [3.63, 3.8) is 0 Å². The molecule has 1 aliphatic carbocycles. The first-order valence-corrected chi connectivity index (χ1v) is 9.11. The summed E-state index contributed by atoms with van der Waals surface area (Å²) >= 11 is 0. The van der Waals surface area contributed by atoms with Gasteiger partial charge in [-0.15, -0.1) is 24.0 Å². The van der Waals surface area contributed by atoms with Gasteiger partial charge in [-0.3, -0.25) is 4.99 Å². The maximum Gasteiger partial charge on any atom is 0.195 e. The van der Waals surface area contributed by atoms with Gasteiger partial charge in [0.15, 0.2) is 17.5 Å². The zero-order chi connectivity index (χ0) is 18.2. The van der Waals surface area contributed by atoms with Crippen LogP contribution in [-0.2, 0) is 0 Å². The van der Waals surface area contributed by atoms with Gasteiger partial charge in [-0.05, 0) is 58.8 Å². The molecule has 26 heavy (non-hydrogen) atoms. The van der Waals surface area contributed by atoms with Crippen molar-refractivity contribution in [3.05, 3.63) is 18.2 Å². The van der Waals surface area contributed by atoms with E-state index >= 15 is 0 Å². The molecule has 1 aliphatic rings. The van der Waals surface area contributed by atoms with Crippen LogP contribution in [0.5, 0.6) is 11.5 Å². The van der Waals surface area contributed by atoms with Gasteiger partial charge in [0, 0.05) is 24.3 Å². The molecule has 1 fully saturated rings. The minimum Gasteiger partial charge on any atom is -0.493 e. The topological polar surface area (TPSA) is 58.1 Å². The van der Waals surface area contributed by atoms with Gasteiger partial charge in [0.25, 0.3) is 0 Å². The Kier molecular flexibility index (Phi) is 10.1. The monoisotopic (exact) mass is 476 g/mol. The Balaban J connectivity index is 0.00000338. The number of nitrogens with one attached hydrogen (secondary N) is 2. The molecule has 2 rings (SSSR count). The van der Waals surface area contributed by atoms with E-state index in [1.807, 2.05) is 25.1 Å². The van der Waals surface area contributed by atoms with Crippen molar-refractivity contribution in [1.82, 2.24) is 10.2 Å². The zero-order valence-corrected chi connectivity index (χ0v) is 18.9. The van der Waals surface area contributed by atoms with E-state index in [2.05, 4.69) is 36.6 Å². The number of halogens is 1. The van der Waals surface area contributed by atoms with Gasteiger partial charge in [0.05, 0.1) is 20.3 Å². The highest BCUT2D eigenvalue weighted by atomic mass is 127. The normalized spacial score (nSPS) is 15.2. The molecule has 1 unspecified atom stereocenters. The highest BCUT2D eigenvalue weighted by molar-refractivity contribution is 14.0. The van der Waals surface area contributed by atoms with E-state index in [1.54, 1.807) is 7.11 Å². The molecule has 7 heteroatoms. The van der Waals surface area contributed by atoms with Gasteiger partial charge in [-0.2, -0.15) is 0 Å². The number of hydrogen-bond donors (Lipinski definition) is 2. The van der Waals surface area contributed by atoms with Gasteiger partial charge in [0.1, 0.15) is 0 Å². The zero-order valence-electron chi connectivity index (χ0n) is 16.5. The molecule has 0 radical (unpaired) electrons. The third-order valence-corrected chi connectivity index (χ3v) is 4.34. The van der Waals surface area contributed by atoms with E-state index in [9.17, 15) is 0 Å². The summed E-state index contributed by atoms with van der Waals surface area (Å²) in [6.45, 7) is 6.25. The number of likely N-dealkylation sites (N-methyl/N-ethyl adjacent to an activating group) is 1. The van der Waals surface area contributed by atoms with Crippen LogP contribution in [-0.4, -0.2) is 57.8 Å². The Morgan fingerprint density at radius 2 is 2.00 bits per heavy atom. The number of nitrogens with zero attached hydrogens (tertiary/aromatic N) is 2. The summed E-state index contributed by atoms with van der Waals surface area (Å²) in [5.41, 5.74) is 0.924. The van der Waals surface area contributed by atoms with Crippen LogP contribution in [0.1, 0.15) is 26.7 Å². The second kappa shape index (κ2) is 11.5. The van der Waals surface area contributed by atoms with E-state index < -0.39 is 0 Å². The largest absolute Gasteiger partial charge is 0.493 e. The van der Waals surface area contributed by atoms with Crippen LogP contribution in [0, 0.1) is 5.92 Å². The van der Waals surface area contributed by atoms with Gasteiger partial charge in [0.2, 0.25) is 0 Å². The Morgan fingerprint density at radius 1 is 1.27 bits per heavy atom. The number of hydrogen-bond acceptors (Lipinski definition) is 4. The fraction of sp³-hybridized carbons (Fsp3) is 0.632. The standard InChI is InChI=1S/C19H32N4O2.HI/c1-6-20-19(21-13-16(23(3)4)14-8-9-14)22-15-10-11-17(25-7-2)18(12-15)24-5;/h10-12,14,16H,6-9,13H2,1-5H3,(H2,20,21,22);1H. The lowest BCUT2D eigenvalue weighted by atomic mass is 10.2. The minimum absolute atomic E-state index is 0. The fourth-order valence-electron chi connectivity index (χ4n) is 2.86. The van der Waals surface area contributed by atoms with E-state index in [-0.39, 0.29) is 24.0 Å². The first-order chi connectivity index (χ1) is 12.1. The molecule has 0 heterocycles. The highest BCUT2D eigenvalue weighted by Crippen LogP contribution is 2.34. The van der Waals surface area contributed by atoms with Crippen molar-refractivity contribution < 1.29 is 9.47 Å². The number of aliphatic imine (C=N–C) groups is 1. The average molecular weight is 476 g/mol. The van der Waals surface area contributed by atoms with Gasteiger partial charge >= 0.3 is 0 Å². The van der Waals surface area contributed by atoms with Crippen molar-refractivity contribution in [2.75, 3.05) is 46.2 Å². The predicted octanol–water partition coefficient (Wildman–Crippen LogP) is 3.43. The van der Waals surface area contributed by atoms with E-state index in [0.29, 0.717) is 18.4 Å². The second-order valence-electron chi connectivity index (χ2n) is 6.51. The summed E-state index contributed by atoms with van der Waals surface area (Å²) in [7, 11) is 5.92. The Morgan fingerprint density at radius 3 is 2.54 bits per heavy atom. The van der Waals surface area contributed by atoms with Crippen LogP contribution in [0.2, 0.25) is 0 Å². The van der Waals surface area contributed by atoms with Crippen LogP contribution < -0.4 is 20.1 Å².